The van der Waals surface area contributed by atoms with Crippen molar-refractivity contribution in [2.75, 3.05) is 5.32 Å². The van der Waals surface area contributed by atoms with E-state index in [1.165, 1.54) is 18.2 Å². The first kappa shape index (κ1) is 14.0. The maximum Gasteiger partial charge on any atom is 0.257 e. The largest absolute Gasteiger partial charge is 0.319 e. The molecule has 0 aliphatic rings. The van der Waals surface area contributed by atoms with Gasteiger partial charge in [0.05, 0.1) is 16.3 Å². The lowest BCUT2D eigenvalue weighted by molar-refractivity contribution is 0.102. The predicted molar refractivity (Wildman–Crippen MR) is 70.5 cm³/mol. The van der Waals surface area contributed by atoms with Crippen LogP contribution in [0.2, 0.25) is 5.02 Å². The van der Waals surface area contributed by atoms with Gasteiger partial charge in [-0.3, -0.25) is 4.79 Å². The Kier molecular flexibility index (Phi) is 3.97. The molecule has 0 bridgehead atoms. The van der Waals surface area contributed by atoms with Crippen molar-refractivity contribution in [3.05, 3.63) is 64.2 Å². The summed E-state index contributed by atoms with van der Waals surface area (Å²) in [5, 5.41) is 11.1. The molecule has 1 N–H and O–H groups in total. The molecule has 0 aromatic heterocycles. The zero-order valence-electron chi connectivity index (χ0n) is 9.95. The van der Waals surface area contributed by atoms with Crippen LogP contribution in [0.3, 0.4) is 0 Å². The lowest BCUT2D eigenvalue weighted by Crippen LogP contribution is -2.14. The first-order chi connectivity index (χ1) is 9.54. The number of rotatable bonds is 2. The number of amides is 1. The van der Waals surface area contributed by atoms with Crippen LogP contribution in [0.5, 0.6) is 0 Å². The van der Waals surface area contributed by atoms with E-state index in [9.17, 15) is 13.6 Å². The molecule has 2 aromatic rings. The third kappa shape index (κ3) is 2.60. The lowest BCUT2D eigenvalue weighted by atomic mass is 10.1. The van der Waals surface area contributed by atoms with E-state index in [1.807, 2.05) is 0 Å². The maximum absolute atomic E-state index is 13.8. The Hall–Kier alpha value is -2.45. The fourth-order valence-corrected chi connectivity index (χ4v) is 1.81. The van der Waals surface area contributed by atoms with E-state index < -0.39 is 23.1 Å². The quantitative estimate of drug-likeness (QED) is 0.916. The summed E-state index contributed by atoms with van der Waals surface area (Å²) in [7, 11) is 0. The zero-order chi connectivity index (χ0) is 14.7. The van der Waals surface area contributed by atoms with Crippen LogP contribution in [0, 0.1) is 23.0 Å². The van der Waals surface area contributed by atoms with Crippen LogP contribution < -0.4 is 5.32 Å². The van der Waals surface area contributed by atoms with Gasteiger partial charge in [-0.2, -0.15) is 5.26 Å². The third-order valence-electron chi connectivity index (χ3n) is 2.57. The Labute approximate surface area is 118 Å². The molecule has 3 nitrogen and oxygen atoms in total. The van der Waals surface area contributed by atoms with E-state index >= 15 is 0 Å². The number of carbonyl (C=O) groups excluding carboxylic acids is 1. The molecule has 1 amide bonds. The topological polar surface area (TPSA) is 52.9 Å². The first-order valence-corrected chi connectivity index (χ1v) is 5.86. The minimum Gasteiger partial charge on any atom is -0.319 e. The van der Waals surface area contributed by atoms with Crippen LogP contribution in [0.1, 0.15) is 15.9 Å². The highest BCUT2D eigenvalue weighted by atomic mass is 35.5. The summed E-state index contributed by atoms with van der Waals surface area (Å²) in [5.74, 6) is -2.75. The second-order valence-corrected chi connectivity index (χ2v) is 4.24. The number of halogens is 3. The van der Waals surface area contributed by atoms with Gasteiger partial charge in [0, 0.05) is 0 Å². The maximum atomic E-state index is 13.8. The molecule has 20 heavy (non-hydrogen) atoms. The Bertz CT molecular complexity index is 726. The van der Waals surface area contributed by atoms with Gasteiger partial charge in [-0.15, -0.1) is 0 Å². The highest BCUT2D eigenvalue weighted by molar-refractivity contribution is 6.34. The average molecular weight is 293 g/mol. The van der Waals surface area contributed by atoms with Crippen molar-refractivity contribution in [3.63, 3.8) is 0 Å². The average Bonchev–Trinajstić information content (AvgIpc) is 2.43. The summed E-state index contributed by atoms with van der Waals surface area (Å²) in [4.78, 5) is 11.9. The van der Waals surface area contributed by atoms with E-state index in [-0.39, 0.29) is 16.3 Å². The summed E-state index contributed by atoms with van der Waals surface area (Å²) in [6.07, 6.45) is 0. The van der Waals surface area contributed by atoms with Crippen molar-refractivity contribution in [2.24, 2.45) is 0 Å². The first-order valence-electron chi connectivity index (χ1n) is 5.48. The molecule has 0 saturated carbocycles. The molecule has 0 heterocycles. The Morgan fingerprint density at radius 3 is 2.55 bits per heavy atom. The molecule has 0 atom stereocenters. The smallest absolute Gasteiger partial charge is 0.257 e. The van der Waals surface area contributed by atoms with Crippen molar-refractivity contribution in [1.82, 2.24) is 0 Å². The van der Waals surface area contributed by atoms with Crippen molar-refractivity contribution in [2.45, 2.75) is 0 Å². The van der Waals surface area contributed by atoms with Crippen LogP contribution in [-0.4, -0.2) is 5.91 Å². The Morgan fingerprint density at radius 2 is 1.90 bits per heavy atom. The van der Waals surface area contributed by atoms with Gasteiger partial charge >= 0.3 is 0 Å². The molecule has 0 aliphatic carbocycles. The van der Waals surface area contributed by atoms with Gasteiger partial charge in [0.1, 0.15) is 17.4 Å². The summed E-state index contributed by atoms with van der Waals surface area (Å²) in [6.45, 7) is 0. The molecule has 100 valence electrons. The number of hydrogen-bond acceptors (Lipinski definition) is 2. The van der Waals surface area contributed by atoms with Crippen molar-refractivity contribution < 1.29 is 13.6 Å². The molecule has 6 heteroatoms. The van der Waals surface area contributed by atoms with E-state index in [4.69, 9.17) is 16.9 Å². The van der Waals surface area contributed by atoms with Gasteiger partial charge in [0.2, 0.25) is 0 Å². The van der Waals surface area contributed by atoms with Crippen molar-refractivity contribution in [1.29, 1.82) is 5.26 Å². The molecular formula is C14H7ClF2N2O. The second kappa shape index (κ2) is 5.68. The number of benzene rings is 2. The SMILES string of the molecule is N#Cc1c(F)ccc(NC(=O)c2ccccc2Cl)c1F. The molecule has 0 spiro atoms. The van der Waals surface area contributed by atoms with Gasteiger partial charge in [0.25, 0.3) is 5.91 Å². The molecule has 0 fully saturated rings. The van der Waals surface area contributed by atoms with E-state index in [0.717, 1.165) is 12.1 Å². The highest BCUT2D eigenvalue weighted by Crippen LogP contribution is 2.22. The van der Waals surface area contributed by atoms with Gasteiger partial charge < -0.3 is 5.32 Å². The number of hydrogen-bond donors (Lipinski definition) is 1. The molecule has 0 unspecified atom stereocenters. The minimum atomic E-state index is -1.12. The number of nitrogens with one attached hydrogen (secondary N) is 1. The molecule has 0 aliphatic heterocycles. The molecule has 0 saturated heterocycles. The van der Waals surface area contributed by atoms with Crippen LogP contribution in [0.4, 0.5) is 14.5 Å². The summed E-state index contributed by atoms with van der Waals surface area (Å²) >= 11 is 5.84. The monoisotopic (exact) mass is 292 g/mol. The Morgan fingerprint density at radius 1 is 1.20 bits per heavy atom. The van der Waals surface area contributed by atoms with Crippen molar-refractivity contribution in [3.8, 4) is 6.07 Å². The normalized spacial score (nSPS) is 9.90. The minimum absolute atomic E-state index is 0.149. The summed E-state index contributed by atoms with van der Waals surface area (Å²) < 4.78 is 27.0. The molecular weight excluding hydrogens is 286 g/mol. The second-order valence-electron chi connectivity index (χ2n) is 3.83. The number of nitriles is 1. The van der Waals surface area contributed by atoms with E-state index in [2.05, 4.69) is 5.32 Å². The van der Waals surface area contributed by atoms with Crippen LogP contribution in [-0.2, 0) is 0 Å². The van der Waals surface area contributed by atoms with E-state index in [1.54, 1.807) is 12.1 Å². The zero-order valence-corrected chi connectivity index (χ0v) is 10.7. The standard InChI is InChI=1S/C14H7ClF2N2O/c15-10-4-2-1-3-8(10)14(20)19-12-6-5-11(16)9(7-18)13(12)17/h1-6H,(H,19,20). The molecule has 2 rings (SSSR count). The summed E-state index contributed by atoms with van der Waals surface area (Å²) in [5.41, 5.74) is -0.883. The van der Waals surface area contributed by atoms with Crippen molar-refractivity contribution >= 4 is 23.2 Å². The molecule has 2 aromatic carbocycles. The molecule has 0 radical (unpaired) electrons. The van der Waals surface area contributed by atoms with E-state index in [0.29, 0.717) is 0 Å². The predicted octanol–water partition coefficient (Wildman–Crippen LogP) is 3.74. The number of anilines is 1. The third-order valence-corrected chi connectivity index (χ3v) is 2.90. The van der Waals surface area contributed by atoms with Gasteiger partial charge in [-0.25, -0.2) is 8.78 Å². The lowest BCUT2D eigenvalue weighted by Gasteiger charge is -2.08. The van der Waals surface area contributed by atoms with Crippen LogP contribution >= 0.6 is 11.6 Å². The number of carbonyl (C=O) groups is 1. The number of nitrogens with zero attached hydrogens (tertiary/aromatic N) is 1. The fraction of sp³-hybridized carbons (Fsp3) is 0. The Balaban J connectivity index is 2.35. The van der Waals surface area contributed by atoms with Gasteiger partial charge in [0.15, 0.2) is 5.82 Å². The van der Waals surface area contributed by atoms with Gasteiger partial charge in [-0.05, 0) is 24.3 Å². The fourth-order valence-electron chi connectivity index (χ4n) is 1.59. The summed E-state index contributed by atoms with van der Waals surface area (Å²) in [6, 6.07) is 9.57. The van der Waals surface area contributed by atoms with Crippen LogP contribution in [0.25, 0.3) is 0 Å². The van der Waals surface area contributed by atoms with Gasteiger partial charge in [-0.1, -0.05) is 23.7 Å². The highest BCUT2D eigenvalue weighted by Gasteiger charge is 2.16. The van der Waals surface area contributed by atoms with Crippen LogP contribution in [0.15, 0.2) is 36.4 Å².